The molecular weight excluding hydrogens is 362 g/mol. The molecule has 0 aliphatic heterocycles. The summed E-state index contributed by atoms with van der Waals surface area (Å²) in [5, 5.41) is 2.72. The van der Waals surface area contributed by atoms with Gasteiger partial charge in [-0.3, -0.25) is 4.79 Å². The number of rotatable bonds is 10. The number of hydrogen-bond donors (Lipinski definition) is 1. The van der Waals surface area contributed by atoms with Crippen LogP contribution in [0.15, 0.2) is 48.5 Å². The molecule has 0 aliphatic carbocycles. The van der Waals surface area contributed by atoms with Gasteiger partial charge >= 0.3 is 5.97 Å². The Hall–Kier alpha value is -3.22. The molecule has 0 saturated heterocycles. The molecule has 2 aromatic rings. The fourth-order valence-corrected chi connectivity index (χ4v) is 2.44. The highest BCUT2D eigenvalue weighted by Gasteiger charge is 2.18. The van der Waals surface area contributed by atoms with E-state index in [9.17, 15) is 9.59 Å². The minimum Gasteiger partial charge on any atom is -0.496 e. The molecule has 0 aromatic heterocycles. The Morgan fingerprint density at radius 1 is 0.964 bits per heavy atom. The first-order chi connectivity index (χ1) is 13.5. The summed E-state index contributed by atoms with van der Waals surface area (Å²) in [7, 11) is 1.56. The first-order valence-electron chi connectivity index (χ1n) is 8.98. The summed E-state index contributed by atoms with van der Waals surface area (Å²) >= 11 is 0. The molecule has 2 rings (SSSR count). The molecule has 1 atom stereocenters. The zero-order valence-electron chi connectivity index (χ0n) is 16.3. The van der Waals surface area contributed by atoms with Crippen molar-refractivity contribution in [3.63, 3.8) is 0 Å². The van der Waals surface area contributed by atoms with Crippen LogP contribution in [0.25, 0.3) is 0 Å². The van der Waals surface area contributed by atoms with Crippen molar-refractivity contribution in [3.05, 3.63) is 54.1 Å². The van der Waals surface area contributed by atoms with E-state index in [0.717, 1.165) is 5.56 Å². The zero-order chi connectivity index (χ0) is 20.4. The van der Waals surface area contributed by atoms with Gasteiger partial charge in [0, 0.05) is 12.1 Å². The summed E-state index contributed by atoms with van der Waals surface area (Å²) in [5.41, 5.74) is 0.827. The number of ether oxygens (including phenoxy) is 4. The number of hydrogen-bond acceptors (Lipinski definition) is 6. The van der Waals surface area contributed by atoms with Crippen LogP contribution in [0.5, 0.6) is 17.2 Å². The van der Waals surface area contributed by atoms with E-state index in [1.54, 1.807) is 25.3 Å². The maximum atomic E-state index is 12.2. The van der Waals surface area contributed by atoms with Gasteiger partial charge < -0.3 is 24.3 Å². The average molecular weight is 387 g/mol. The van der Waals surface area contributed by atoms with E-state index in [1.807, 2.05) is 37.3 Å². The molecule has 7 heteroatoms. The Kier molecular flexibility index (Phi) is 8.14. The van der Waals surface area contributed by atoms with Crippen molar-refractivity contribution in [3.8, 4) is 17.2 Å². The van der Waals surface area contributed by atoms with E-state index in [1.165, 1.54) is 6.92 Å². The maximum absolute atomic E-state index is 12.2. The lowest BCUT2D eigenvalue weighted by Crippen LogP contribution is -2.36. The lowest BCUT2D eigenvalue weighted by atomic mass is 10.2. The van der Waals surface area contributed by atoms with Crippen molar-refractivity contribution >= 4 is 11.9 Å². The lowest BCUT2D eigenvalue weighted by molar-refractivity contribution is -0.156. The molecule has 0 heterocycles. The van der Waals surface area contributed by atoms with Gasteiger partial charge in [-0.2, -0.15) is 0 Å². The van der Waals surface area contributed by atoms with Crippen LogP contribution in [0.1, 0.15) is 19.4 Å². The van der Waals surface area contributed by atoms with Gasteiger partial charge in [-0.1, -0.05) is 30.3 Å². The van der Waals surface area contributed by atoms with Gasteiger partial charge in [0.1, 0.15) is 5.75 Å². The van der Waals surface area contributed by atoms with Crippen molar-refractivity contribution in [2.75, 3.05) is 20.3 Å². The van der Waals surface area contributed by atoms with Crippen LogP contribution in [-0.2, 0) is 20.9 Å². The Morgan fingerprint density at radius 3 is 2.21 bits per heavy atom. The van der Waals surface area contributed by atoms with Gasteiger partial charge in [0.2, 0.25) is 0 Å². The van der Waals surface area contributed by atoms with E-state index >= 15 is 0 Å². The highest BCUT2D eigenvalue weighted by atomic mass is 16.6. The number of carbonyl (C=O) groups excluding carboxylic acids is 2. The van der Waals surface area contributed by atoms with Crippen molar-refractivity contribution < 1.29 is 28.5 Å². The molecule has 150 valence electrons. The Bertz CT molecular complexity index is 792. The lowest BCUT2D eigenvalue weighted by Gasteiger charge is -2.15. The smallest absolute Gasteiger partial charge is 0.344 e. The van der Waals surface area contributed by atoms with E-state index < -0.39 is 18.0 Å². The molecule has 0 bridgehead atoms. The van der Waals surface area contributed by atoms with Gasteiger partial charge in [-0.05, 0) is 32.0 Å². The summed E-state index contributed by atoms with van der Waals surface area (Å²) in [6.07, 6.45) is -0.951. The number of carbonyl (C=O) groups is 2. The monoisotopic (exact) mass is 387 g/mol. The molecule has 1 amide bonds. The third-order valence-corrected chi connectivity index (χ3v) is 3.82. The van der Waals surface area contributed by atoms with Gasteiger partial charge in [0.25, 0.3) is 5.91 Å². The number of amides is 1. The molecule has 1 N–H and O–H groups in total. The minimum absolute atomic E-state index is 0.267. The van der Waals surface area contributed by atoms with E-state index in [-0.39, 0.29) is 13.2 Å². The second kappa shape index (κ2) is 10.8. The summed E-state index contributed by atoms with van der Waals surface area (Å²) < 4.78 is 21.2. The molecule has 28 heavy (non-hydrogen) atoms. The zero-order valence-corrected chi connectivity index (χ0v) is 16.3. The number of esters is 1. The topological polar surface area (TPSA) is 83.1 Å². The molecule has 7 nitrogen and oxygen atoms in total. The third kappa shape index (κ3) is 6.19. The largest absolute Gasteiger partial charge is 0.496 e. The van der Waals surface area contributed by atoms with Gasteiger partial charge in [0.05, 0.1) is 13.7 Å². The number of para-hydroxylation sites is 3. The van der Waals surface area contributed by atoms with Gasteiger partial charge in [0.15, 0.2) is 24.2 Å². The van der Waals surface area contributed by atoms with Crippen LogP contribution in [0.2, 0.25) is 0 Å². The van der Waals surface area contributed by atoms with E-state index in [4.69, 9.17) is 18.9 Å². The normalized spacial score (nSPS) is 11.2. The molecule has 0 spiro atoms. The number of nitrogens with one attached hydrogen (secondary N) is 1. The summed E-state index contributed by atoms with van der Waals surface area (Å²) in [4.78, 5) is 24.2. The summed E-state index contributed by atoms with van der Waals surface area (Å²) in [5.74, 6) is 0.601. The summed E-state index contributed by atoms with van der Waals surface area (Å²) in [6, 6.07) is 14.4. The SMILES string of the molecule is CCOc1ccccc1OCC(=O)OC(C)C(=O)NCc1ccccc1OC. The quantitative estimate of drug-likeness (QED) is 0.631. The Balaban J connectivity index is 1.81. The second-order valence-electron chi connectivity index (χ2n) is 5.83. The molecule has 0 fully saturated rings. The van der Waals surface area contributed by atoms with Crippen LogP contribution in [0.3, 0.4) is 0 Å². The summed E-state index contributed by atoms with van der Waals surface area (Å²) in [6.45, 7) is 3.78. The molecule has 0 aliphatic rings. The average Bonchev–Trinajstić information content (AvgIpc) is 2.71. The Labute approximate surface area is 164 Å². The minimum atomic E-state index is -0.951. The highest BCUT2D eigenvalue weighted by Crippen LogP contribution is 2.26. The van der Waals surface area contributed by atoms with Crippen molar-refractivity contribution in [1.29, 1.82) is 0 Å². The molecule has 2 aromatic carbocycles. The standard InChI is InChI=1S/C21H25NO6/c1-4-26-18-11-7-8-12-19(18)27-14-20(23)28-15(2)21(24)22-13-16-9-5-6-10-17(16)25-3/h5-12,15H,4,13-14H2,1-3H3,(H,22,24). The number of benzene rings is 2. The second-order valence-corrected chi connectivity index (χ2v) is 5.83. The van der Waals surface area contributed by atoms with Crippen LogP contribution in [0.4, 0.5) is 0 Å². The van der Waals surface area contributed by atoms with Crippen molar-refractivity contribution in [1.82, 2.24) is 5.32 Å². The molecular formula is C21H25NO6. The van der Waals surface area contributed by atoms with Crippen LogP contribution >= 0.6 is 0 Å². The van der Waals surface area contributed by atoms with Crippen molar-refractivity contribution in [2.24, 2.45) is 0 Å². The third-order valence-electron chi connectivity index (χ3n) is 3.82. The first-order valence-corrected chi connectivity index (χ1v) is 8.98. The van der Waals surface area contributed by atoms with Crippen molar-refractivity contribution in [2.45, 2.75) is 26.5 Å². The highest BCUT2D eigenvalue weighted by molar-refractivity contribution is 5.83. The van der Waals surface area contributed by atoms with Crippen LogP contribution in [0, 0.1) is 0 Å². The molecule has 0 radical (unpaired) electrons. The maximum Gasteiger partial charge on any atom is 0.344 e. The predicted molar refractivity (Wildman–Crippen MR) is 104 cm³/mol. The fraction of sp³-hybridized carbons (Fsp3) is 0.333. The first kappa shape index (κ1) is 21.1. The fourth-order valence-electron chi connectivity index (χ4n) is 2.44. The van der Waals surface area contributed by atoms with Gasteiger partial charge in [-0.15, -0.1) is 0 Å². The Morgan fingerprint density at radius 2 is 1.57 bits per heavy atom. The van der Waals surface area contributed by atoms with E-state index in [0.29, 0.717) is 23.9 Å². The van der Waals surface area contributed by atoms with E-state index in [2.05, 4.69) is 5.32 Å². The number of methoxy groups -OCH3 is 1. The van der Waals surface area contributed by atoms with Gasteiger partial charge in [-0.25, -0.2) is 4.79 Å². The molecule has 1 unspecified atom stereocenters. The predicted octanol–water partition coefficient (Wildman–Crippen LogP) is 2.72. The molecule has 0 saturated carbocycles. The van der Waals surface area contributed by atoms with Crippen LogP contribution in [-0.4, -0.2) is 38.3 Å². The van der Waals surface area contributed by atoms with Crippen LogP contribution < -0.4 is 19.5 Å².